The van der Waals surface area contributed by atoms with Crippen LogP contribution < -0.4 is 4.74 Å². The van der Waals surface area contributed by atoms with E-state index < -0.39 is 0 Å². The van der Waals surface area contributed by atoms with Crippen LogP contribution in [0.3, 0.4) is 0 Å². The number of hydrogen-bond acceptors (Lipinski definition) is 1. The fraction of sp³-hybridized carbons (Fsp3) is 0.0588. The minimum Gasteiger partial charge on any atom is -0.497 e. The molecule has 0 N–H and O–H groups in total. The maximum Gasteiger partial charge on any atom is 0.149 e. The summed E-state index contributed by atoms with van der Waals surface area (Å²) in [7, 11) is 1.60. The predicted molar refractivity (Wildman–Crippen MR) is 82.7 cm³/mol. The molecule has 0 aliphatic heterocycles. The predicted octanol–water partition coefficient (Wildman–Crippen LogP) is 4.95. The van der Waals surface area contributed by atoms with Gasteiger partial charge in [0, 0.05) is 22.5 Å². The molecule has 3 aromatic rings. The number of ether oxygens (including phenoxy) is 1. The number of benzene rings is 2. The first kappa shape index (κ1) is 13.7. The lowest BCUT2D eigenvalue weighted by atomic mass is 10.1. The number of nitrogens with zero attached hydrogens (tertiary/aromatic N) is 1. The van der Waals surface area contributed by atoms with Gasteiger partial charge in [0.1, 0.15) is 11.6 Å². The Kier molecular flexibility index (Phi) is 3.67. The molecule has 4 heteroatoms. The number of hydrogen-bond donors (Lipinski definition) is 0. The van der Waals surface area contributed by atoms with Gasteiger partial charge in [-0.3, -0.25) is 0 Å². The quantitative estimate of drug-likeness (QED) is 0.668. The largest absolute Gasteiger partial charge is 0.497 e. The highest BCUT2D eigenvalue weighted by molar-refractivity contribution is 6.30. The molecule has 0 bridgehead atoms. The lowest BCUT2D eigenvalue weighted by Gasteiger charge is -2.10. The molecule has 1 heterocycles. The van der Waals surface area contributed by atoms with E-state index in [1.165, 1.54) is 6.07 Å². The van der Waals surface area contributed by atoms with Crippen LogP contribution in [0.2, 0.25) is 5.02 Å². The molecule has 2 aromatic carbocycles. The summed E-state index contributed by atoms with van der Waals surface area (Å²) in [5, 5.41) is 0.650. The van der Waals surface area contributed by atoms with Gasteiger partial charge in [-0.1, -0.05) is 11.6 Å². The van der Waals surface area contributed by atoms with Crippen LogP contribution in [0.5, 0.6) is 5.75 Å². The Balaban J connectivity index is 2.09. The van der Waals surface area contributed by atoms with Crippen molar-refractivity contribution in [2.75, 3.05) is 7.11 Å². The van der Waals surface area contributed by atoms with Gasteiger partial charge >= 0.3 is 0 Å². The van der Waals surface area contributed by atoms with Gasteiger partial charge in [-0.15, -0.1) is 0 Å². The smallest absolute Gasteiger partial charge is 0.149 e. The van der Waals surface area contributed by atoms with E-state index in [9.17, 15) is 4.39 Å². The summed E-state index contributed by atoms with van der Waals surface area (Å²) in [5.41, 5.74) is 2.15. The van der Waals surface area contributed by atoms with E-state index in [-0.39, 0.29) is 5.82 Å². The molecule has 21 heavy (non-hydrogen) atoms. The van der Waals surface area contributed by atoms with Gasteiger partial charge < -0.3 is 9.30 Å². The molecule has 0 amide bonds. The Bertz CT molecular complexity index is 747. The number of aromatic nitrogens is 1. The Morgan fingerprint density at radius 3 is 2.24 bits per heavy atom. The van der Waals surface area contributed by atoms with E-state index in [2.05, 4.69) is 0 Å². The second-order valence-corrected chi connectivity index (χ2v) is 5.02. The monoisotopic (exact) mass is 301 g/mol. The topological polar surface area (TPSA) is 14.2 Å². The Morgan fingerprint density at radius 1 is 0.952 bits per heavy atom. The highest BCUT2D eigenvalue weighted by atomic mass is 35.5. The van der Waals surface area contributed by atoms with Crippen LogP contribution >= 0.6 is 11.6 Å². The minimum atomic E-state index is -0.268. The summed E-state index contributed by atoms with van der Waals surface area (Å²) in [6.45, 7) is 0. The zero-order chi connectivity index (χ0) is 14.8. The zero-order valence-electron chi connectivity index (χ0n) is 11.4. The third-order valence-corrected chi connectivity index (χ3v) is 3.56. The Morgan fingerprint density at radius 2 is 1.62 bits per heavy atom. The first-order valence-corrected chi connectivity index (χ1v) is 6.84. The van der Waals surface area contributed by atoms with Crippen molar-refractivity contribution >= 4 is 11.6 Å². The van der Waals surface area contributed by atoms with Gasteiger partial charge in [-0.05, 0) is 54.6 Å². The van der Waals surface area contributed by atoms with Crippen molar-refractivity contribution in [2.24, 2.45) is 0 Å². The highest BCUT2D eigenvalue weighted by Gasteiger charge is 2.12. The molecule has 0 aliphatic carbocycles. The summed E-state index contributed by atoms with van der Waals surface area (Å²) >= 11 is 5.90. The SMILES string of the molecule is COc1ccc(-c2c(F)ccn2-c2ccc(Cl)cc2)cc1. The molecule has 0 atom stereocenters. The fourth-order valence-corrected chi connectivity index (χ4v) is 2.38. The van der Waals surface area contributed by atoms with E-state index in [1.807, 2.05) is 36.4 Å². The van der Waals surface area contributed by atoms with Crippen molar-refractivity contribution < 1.29 is 9.13 Å². The van der Waals surface area contributed by atoms with Crippen LogP contribution in [0.4, 0.5) is 4.39 Å². The summed E-state index contributed by atoms with van der Waals surface area (Å²) in [6.07, 6.45) is 1.71. The maximum absolute atomic E-state index is 14.2. The summed E-state index contributed by atoms with van der Waals surface area (Å²) in [6, 6.07) is 16.0. The van der Waals surface area contributed by atoms with E-state index in [0.29, 0.717) is 10.7 Å². The molecule has 0 unspecified atom stereocenters. The van der Waals surface area contributed by atoms with Gasteiger partial charge in [0.2, 0.25) is 0 Å². The molecule has 3 rings (SSSR count). The molecule has 0 fully saturated rings. The maximum atomic E-state index is 14.2. The van der Waals surface area contributed by atoms with Crippen LogP contribution in [-0.4, -0.2) is 11.7 Å². The average molecular weight is 302 g/mol. The van der Waals surface area contributed by atoms with Gasteiger partial charge in [0.15, 0.2) is 0 Å². The van der Waals surface area contributed by atoms with E-state index >= 15 is 0 Å². The van der Waals surface area contributed by atoms with Gasteiger partial charge in [0.05, 0.1) is 12.8 Å². The molecule has 0 saturated carbocycles. The molecule has 1 aromatic heterocycles. The molecule has 0 aliphatic rings. The minimum absolute atomic E-state index is 0.268. The first-order chi connectivity index (χ1) is 10.2. The van der Waals surface area contributed by atoms with Gasteiger partial charge in [-0.2, -0.15) is 0 Å². The van der Waals surface area contributed by atoms with Crippen LogP contribution in [0.1, 0.15) is 0 Å². The molecular weight excluding hydrogens is 289 g/mol. The number of rotatable bonds is 3. The molecule has 106 valence electrons. The third-order valence-electron chi connectivity index (χ3n) is 3.31. The fourth-order valence-electron chi connectivity index (χ4n) is 2.25. The average Bonchev–Trinajstić information content (AvgIpc) is 2.90. The second-order valence-electron chi connectivity index (χ2n) is 4.59. The third kappa shape index (κ3) is 2.65. The Labute approximate surface area is 127 Å². The van der Waals surface area contributed by atoms with Crippen LogP contribution in [-0.2, 0) is 0 Å². The lowest BCUT2D eigenvalue weighted by molar-refractivity contribution is 0.415. The standard InChI is InChI=1S/C17H13ClFNO/c1-21-15-8-2-12(3-9-15)17-16(19)10-11-20(17)14-6-4-13(18)5-7-14/h2-11H,1H3. The van der Waals surface area contributed by atoms with Crippen molar-refractivity contribution in [3.05, 3.63) is 71.6 Å². The molecule has 0 radical (unpaired) electrons. The van der Waals surface area contributed by atoms with Gasteiger partial charge in [0.25, 0.3) is 0 Å². The summed E-state index contributed by atoms with van der Waals surface area (Å²) in [4.78, 5) is 0. The Hall–Kier alpha value is -2.26. The van der Waals surface area contributed by atoms with E-state index in [4.69, 9.17) is 16.3 Å². The van der Waals surface area contributed by atoms with Crippen LogP contribution in [0, 0.1) is 5.82 Å². The number of halogens is 2. The van der Waals surface area contributed by atoms with E-state index in [0.717, 1.165) is 17.0 Å². The molecule has 0 saturated heterocycles. The van der Waals surface area contributed by atoms with E-state index in [1.54, 1.807) is 30.0 Å². The molecule has 2 nitrogen and oxygen atoms in total. The molecular formula is C17H13ClFNO. The molecule has 0 spiro atoms. The summed E-state index contributed by atoms with van der Waals surface area (Å²) < 4.78 is 21.1. The van der Waals surface area contributed by atoms with Crippen molar-refractivity contribution in [3.8, 4) is 22.7 Å². The van der Waals surface area contributed by atoms with Crippen molar-refractivity contribution in [1.82, 2.24) is 4.57 Å². The normalized spacial score (nSPS) is 10.6. The number of methoxy groups -OCH3 is 1. The van der Waals surface area contributed by atoms with Crippen molar-refractivity contribution in [2.45, 2.75) is 0 Å². The van der Waals surface area contributed by atoms with Gasteiger partial charge in [-0.25, -0.2) is 4.39 Å². The summed E-state index contributed by atoms with van der Waals surface area (Å²) in [5.74, 6) is 0.471. The highest BCUT2D eigenvalue weighted by Crippen LogP contribution is 2.29. The van der Waals surface area contributed by atoms with Crippen molar-refractivity contribution in [3.63, 3.8) is 0 Å². The second kappa shape index (κ2) is 5.62. The lowest BCUT2D eigenvalue weighted by Crippen LogP contribution is -1.96. The van der Waals surface area contributed by atoms with Crippen molar-refractivity contribution in [1.29, 1.82) is 0 Å². The van der Waals surface area contributed by atoms with Crippen LogP contribution in [0.25, 0.3) is 16.9 Å². The zero-order valence-corrected chi connectivity index (χ0v) is 12.1. The van der Waals surface area contributed by atoms with Crippen LogP contribution in [0.15, 0.2) is 60.8 Å². The first-order valence-electron chi connectivity index (χ1n) is 6.46.